The van der Waals surface area contributed by atoms with E-state index in [1.807, 2.05) is 0 Å². The van der Waals surface area contributed by atoms with Gasteiger partial charge in [0.25, 0.3) is 0 Å². The van der Waals surface area contributed by atoms with Crippen LogP contribution < -0.4 is 0 Å². The van der Waals surface area contributed by atoms with Gasteiger partial charge in [0, 0.05) is 0 Å². The molecule has 0 saturated heterocycles. The van der Waals surface area contributed by atoms with E-state index in [1.54, 1.807) is 0 Å². The molecule has 0 radical (unpaired) electrons. The van der Waals surface area contributed by atoms with Crippen molar-refractivity contribution in [3.05, 3.63) is 40.5 Å². The van der Waals surface area contributed by atoms with E-state index in [2.05, 4.69) is 0 Å². The number of nitro groups is 4. The van der Waals surface area contributed by atoms with Gasteiger partial charge in [-0.1, -0.05) is 0 Å². The first-order valence-electron chi connectivity index (χ1n) is 5.29. The minimum Gasteiger partial charge on any atom is -0.337 e. The molecule has 126 valence electrons. The van der Waals surface area contributed by atoms with E-state index >= 15 is 0 Å². The summed E-state index contributed by atoms with van der Waals surface area (Å²) in [5.41, 5.74) is -5.76. The summed E-state index contributed by atoms with van der Waals surface area (Å²) in [6, 6.07) is 0. The van der Waals surface area contributed by atoms with Crippen molar-refractivity contribution < 1.29 is 29.9 Å². The monoisotopic (exact) mass is 344 g/mol. The third-order valence-electron chi connectivity index (χ3n) is 2.73. The maximum Gasteiger partial charge on any atom is 0.464 e. The molecule has 0 rings (SSSR count). The summed E-state index contributed by atoms with van der Waals surface area (Å²) in [4.78, 5) is 37.9. The molecule has 14 nitrogen and oxygen atoms in total. The summed E-state index contributed by atoms with van der Waals surface area (Å²) in [6.45, 7) is 1.12. The summed E-state index contributed by atoms with van der Waals surface area (Å²) in [5, 5.41) is 59.7. The van der Waals surface area contributed by atoms with Crippen LogP contribution in [0.5, 0.6) is 0 Å². The topological polar surface area (TPSA) is 213 Å². The first-order chi connectivity index (χ1) is 9.79. The van der Waals surface area contributed by atoms with E-state index in [4.69, 9.17) is 10.2 Å². The molecular formula is C7H12N4O10S. The van der Waals surface area contributed by atoms with E-state index in [0.29, 0.717) is 13.8 Å². The molecule has 0 amide bonds. The minimum atomic E-state index is -2.88. The Morgan fingerprint density at radius 2 is 1.05 bits per heavy atom. The number of hydrogen-bond acceptors (Lipinski definition) is 8. The Morgan fingerprint density at radius 3 is 1.18 bits per heavy atom. The van der Waals surface area contributed by atoms with Gasteiger partial charge in [0.2, 0.25) is 5.24 Å². The Bertz CT molecular complexity index is 485. The van der Waals surface area contributed by atoms with Crippen LogP contribution in [0.3, 0.4) is 0 Å². The number of hydrogen-bond donors (Lipinski definition) is 2. The largest absolute Gasteiger partial charge is 0.464 e. The van der Waals surface area contributed by atoms with Crippen molar-refractivity contribution in [3.63, 3.8) is 0 Å². The Hall–Kier alpha value is -2.26. The van der Waals surface area contributed by atoms with E-state index in [9.17, 15) is 40.5 Å². The zero-order valence-electron chi connectivity index (χ0n) is 11.3. The van der Waals surface area contributed by atoms with Crippen LogP contribution in [0.15, 0.2) is 0 Å². The van der Waals surface area contributed by atoms with Crippen LogP contribution in [0.25, 0.3) is 0 Å². The Kier molecular flexibility index (Phi) is 5.98. The van der Waals surface area contributed by atoms with Crippen molar-refractivity contribution >= 4 is 15.7 Å². The molecule has 0 spiro atoms. The van der Waals surface area contributed by atoms with Gasteiger partial charge < -0.3 is 10.2 Å². The molecule has 0 aromatic rings. The minimum absolute atomic E-state index is 0.561. The molecule has 0 aliphatic rings. The molecule has 0 aromatic heterocycles. The Morgan fingerprint density at radius 1 is 0.818 bits per heavy atom. The number of aliphatic hydroxyl groups excluding tert-OH is 1. The van der Waals surface area contributed by atoms with Crippen molar-refractivity contribution in [2.45, 2.75) is 25.2 Å². The molecule has 0 heterocycles. The van der Waals surface area contributed by atoms with E-state index in [-0.39, 0.29) is 0 Å². The molecule has 0 fully saturated rings. The lowest BCUT2D eigenvalue weighted by Crippen LogP contribution is -2.50. The predicted molar refractivity (Wildman–Crippen MR) is 72.4 cm³/mol. The van der Waals surface area contributed by atoms with Gasteiger partial charge in [-0.15, -0.1) is 10.5 Å². The number of nitrogens with zero attached hydrogens (tertiary/aromatic N) is 4. The van der Waals surface area contributed by atoms with Gasteiger partial charge in [0.1, 0.15) is 11.5 Å². The third kappa shape index (κ3) is 3.89. The maximum absolute atomic E-state index is 10.8. The van der Waals surface area contributed by atoms with Crippen LogP contribution in [0.1, 0.15) is 13.8 Å². The summed E-state index contributed by atoms with van der Waals surface area (Å²) < 4.78 is 0. The second-order valence-corrected chi connectivity index (χ2v) is 6.45. The van der Waals surface area contributed by atoms with E-state index in [1.165, 1.54) is 0 Å². The molecule has 2 N–H and O–H groups in total. The third-order valence-corrected chi connectivity index (χ3v) is 5.03. The highest BCUT2D eigenvalue weighted by Gasteiger charge is 2.56. The van der Waals surface area contributed by atoms with Crippen molar-refractivity contribution in [1.29, 1.82) is 0 Å². The van der Waals surface area contributed by atoms with Gasteiger partial charge in [0.05, 0.1) is 33.5 Å². The highest BCUT2D eigenvalue weighted by Crippen LogP contribution is 2.29. The molecular weight excluding hydrogens is 332 g/mol. The smallest absolute Gasteiger partial charge is 0.337 e. The lowest BCUT2D eigenvalue weighted by molar-refractivity contribution is -0.786. The normalized spacial score (nSPS) is 12.0. The second-order valence-electron chi connectivity index (χ2n) is 4.53. The van der Waals surface area contributed by atoms with Gasteiger partial charge in [-0.05, 0) is 0 Å². The molecule has 0 unspecified atom stereocenters. The molecule has 0 aliphatic heterocycles. The Balaban J connectivity index is 5.78. The summed E-state index contributed by atoms with van der Waals surface area (Å²) in [5.74, 6) is -2.29. The van der Waals surface area contributed by atoms with Crippen LogP contribution >= 0.6 is 10.5 Å². The fraction of sp³-hybridized carbons (Fsp3) is 0.857. The van der Waals surface area contributed by atoms with Crippen LogP contribution in [-0.2, 0) is 0 Å². The average molecular weight is 344 g/mol. The van der Waals surface area contributed by atoms with Crippen LogP contribution in [-0.4, -0.2) is 58.0 Å². The second kappa shape index (κ2) is 6.67. The van der Waals surface area contributed by atoms with Crippen LogP contribution in [0.4, 0.5) is 0 Å². The standard InChI is InChI=1S/C7H12N4O10S/c1-6(8(14)15,9(16)17)3-22(5(12)13)4-7(2,10(18)19)11(20)21/h12-13H,3-4H2,1-2H3. The molecule has 0 atom stereocenters. The molecule has 0 aromatic carbocycles. The first-order valence-corrected chi connectivity index (χ1v) is 6.85. The van der Waals surface area contributed by atoms with Crippen LogP contribution in [0.2, 0.25) is 0 Å². The van der Waals surface area contributed by atoms with Crippen LogP contribution in [0, 0.1) is 40.5 Å². The highest BCUT2D eigenvalue weighted by molar-refractivity contribution is 8.15. The molecule has 15 heteroatoms. The van der Waals surface area contributed by atoms with Crippen molar-refractivity contribution in [3.8, 4) is 0 Å². The summed E-state index contributed by atoms with van der Waals surface area (Å²) >= 11 is 0. The Labute approximate surface area is 123 Å². The molecule has 0 bridgehead atoms. The zero-order chi connectivity index (χ0) is 17.9. The molecule has 0 saturated carbocycles. The van der Waals surface area contributed by atoms with Gasteiger partial charge in [0.15, 0.2) is 0 Å². The van der Waals surface area contributed by atoms with Crippen molar-refractivity contribution in [2.24, 2.45) is 0 Å². The van der Waals surface area contributed by atoms with Crippen molar-refractivity contribution in [1.82, 2.24) is 0 Å². The maximum atomic E-state index is 10.8. The van der Waals surface area contributed by atoms with E-state index in [0.717, 1.165) is 0 Å². The number of rotatable bonds is 8. The average Bonchev–Trinajstić information content (AvgIpc) is 2.36. The first kappa shape index (κ1) is 19.7. The lowest BCUT2D eigenvalue weighted by atomic mass is 10.3. The SMILES string of the molecule is CC(CS(CC(C)([N+](=O)[O-])[N+](=O)[O-])=C(O)O)([N+](=O)[O-])[N+](=O)[O-]. The predicted octanol–water partition coefficient (Wildman–Crippen LogP) is -0.00210. The van der Waals surface area contributed by atoms with Gasteiger partial charge in [-0.2, -0.15) is 0 Å². The van der Waals surface area contributed by atoms with E-state index < -0.39 is 58.2 Å². The summed E-state index contributed by atoms with van der Waals surface area (Å²) in [6.07, 6.45) is 0. The molecule has 0 aliphatic carbocycles. The number of aliphatic hydroxyl groups is 2. The van der Waals surface area contributed by atoms with Gasteiger partial charge in [-0.3, -0.25) is 40.5 Å². The molecule has 22 heavy (non-hydrogen) atoms. The lowest BCUT2D eigenvalue weighted by Gasteiger charge is -2.18. The fourth-order valence-electron chi connectivity index (χ4n) is 1.18. The zero-order valence-corrected chi connectivity index (χ0v) is 12.1. The van der Waals surface area contributed by atoms with Crippen molar-refractivity contribution in [2.75, 3.05) is 11.5 Å². The quantitative estimate of drug-likeness (QED) is 0.260. The van der Waals surface area contributed by atoms with Gasteiger partial charge in [-0.25, -0.2) is 0 Å². The summed E-state index contributed by atoms with van der Waals surface area (Å²) in [7, 11) is -2.24. The van der Waals surface area contributed by atoms with Gasteiger partial charge >= 0.3 is 11.3 Å². The fourth-order valence-corrected chi connectivity index (χ4v) is 3.29. The highest BCUT2D eigenvalue weighted by atomic mass is 32.2.